The summed E-state index contributed by atoms with van der Waals surface area (Å²) < 4.78 is 0. The Morgan fingerprint density at radius 1 is 1.25 bits per heavy atom. The molecule has 0 unspecified atom stereocenters. The molecule has 1 rings (SSSR count). The van der Waals surface area contributed by atoms with Crippen LogP contribution in [0, 0.1) is 0 Å². The van der Waals surface area contributed by atoms with E-state index in [4.69, 9.17) is 5.84 Å². The largest absolute Gasteiger partial charge is 0.321 e. The summed E-state index contributed by atoms with van der Waals surface area (Å²) in [5.41, 5.74) is 0.792. The summed E-state index contributed by atoms with van der Waals surface area (Å²) in [5, 5.41) is 11.0. The van der Waals surface area contributed by atoms with Crippen molar-refractivity contribution >= 4 is 11.5 Å². The zero-order valence-corrected chi connectivity index (χ0v) is 6.81. The van der Waals surface area contributed by atoms with E-state index in [0.29, 0.717) is 5.84 Å². The fourth-order valence-corrected chi connectivity index (χ4v) is 0.651. The number of hydrazone groups is 1. The quantitative estimate of drug-likeness (QED) is 0.222. The summed E-state index contributed by atoms with van der Waals surface area (Å²) in [5.74, 6) is 5.43. The predicted octanol–water partition coefficient (Wildman–Crippen LogP) is 2.06. The number of nitrogens with zero attached hydrogens (tertiary/aromatic N) is 3. The molecule has 0 heterocycles. The lowest BCUT2D eigenvalue weighted by molar-refractivity contribution is 1.17. The third-order valence-electron chi connectivity index (χ3n) is 1.25. The van der Waals surface area contributed by atoms with Gasteiger partial charge in [0.25, 0.3) is 0 Å². The van der Waals surface area contributed by atoms with E-state index in [0.717, 1.165) is 5.69 Å². The molecule has 2 N–H and O–H groups in total. The van der Waals surface area contributed by atoms with E-state index in [1.54, 1.807) is 6.92 Å². The van der Waals surface area contributed by atoms with Crippen LogP contribution in [0.1, 0.15) is 6.92 Å². The maximum Gasteiger partial charge on any atom is 0.167 e. The lowest BCUT2D eigenvalue weighted by atomic mass is 10.3. The van der Waals surface area contributed by atoms with Crippen molar-refractivity contribution in [3.63, 3.8) is 0 Å². The normalized spacial score (nSPS) is 12.2. The first kappa shape index (κ1) is 8.39. The maximum absolute atomic E-state index is 4.97. The van der Waals surface area contributed by atoms with Crippen LogP contribution >= 0.6 is 0 Å². The van der Waals surface area contributed by atoms with Crippen LogP contribution < -0.4 is 5.84 Å². The summed E-state index contributed by atoms with van der Waals surface area (Å²) in [6, 6.07) is 9.41. The maximum atomic E-state index is 4.97. The van der Waals surface area contributed by atoms with Crippen LogP contribution in [0.2, 0.25) is 0 Å². The molecule has 4 heteroatoms. The van der Waals surface area contributed by atoms with Crippen LogP contribution in [0.3, 0.4) is 0 Å². The van der Waals surface area contributed by atoms with E-state index in [9.17, 15) is 0 Å². The molecule has 0 fully saturated rings. The molecule has 0 spiro atoms. The van der Waals surface area contributed by atoms with Gasteiger partial charge in [-0.3, -0.25) is 0 Å². The Bertz CT molecular complexity index is 289. The Labute approximate surface area is 70.8 Å². The van der Waals surface area contributed by atoms with Gasteiger partial charge in [-0.05, 0) is 19.1 Å². The zero-order valence-electron chi connectivity index (χ0n) is 6.81. The minimum Gasteiger partial charge on any atom is -0.321 e. The van der Waals surface area contributed by atoms with Crippen molar-refractivity contribution in [1.29, 1.82) is 0 Å². The highest BCUT2D eigenvalue weighted by Crippen LogP contribution is 2.09. The van der Waals surface area contributed by atoms with Crippen molar-refractivity contribution in [3.05, 3.63) is 30.3 Å². The second-order valence-electron chi connectivity index (χ2n) is 2.21. The Balaban J connectivity index is 2.70. The lowest BCUT2D eigenvalue weighted by Crippen LogP contribution is -1.89. The molecule has 1 aromatic rings. The number of azo groups is 1. The average molecular weight is 162 g/mol. The SMILES string of the molecule is CC(N=Nc1ccccc1)=NN. The molecule has 0 radical (unpaired) electrons. The first-order valence-electron chi connectivity index (χ1n) is 3.54. The van der Waals surface area contributed by atoms with E-state index >= 15 is 0 Å². The van der Waals surface area contributed by atoms with Crippen LogP contribution in [0.4, 0.5) is 5.69 Å². The summed E-state index contributed by atoms with van der Waals surface area (Å²) in [6.45, 7) is 1.69. The minimum absolute atomic E-state index is 0.457. The number of rotatable bonds is 1. The van der Waals surface area contributed by atoms with Crippen molar-refractivity contribution in [2.75, 3.05) is 0 Å². The van der Waals surface area contributed by atoms with Gasteiger partial charge < -0.3 is 5.84 Å². The highest BCUT2D eigenvalue weighted by atomic mass is 15.2. The first-order chi connectivity index (χ1) is 5.83. The second kappa shape index (κ2) is 4.23. The average Bonchev–Trinajstić information content (AvgIpc) is 2.16. The molecule has 0 saturated carbocycles. The smallest absolute Gasteiger partial charge is 0.167 e. The molecule has 0 aliphatic heterocycles. The number of benzene rings is 1. The molecule has 1 aromatic carbocycles. The number of hydrogen-bond donors (Lipinski definition) is 1. The number of amidine groups is 1. The highest BCUT2D eigenvalue weighted by molar-refractivity contribution is 5.79. The minimum atomic E-state index is 0.457. The van der Waals surface area contributed by atoms with Gasteiger partial charge in [0.1, 0.15) is 0 Å². The third kappa shape index (κ3) is 2.49. The fraction of sp³-hybridized carbons (Fsp3) is 0.125. The molecule has 4 nitrogen and oxygen atoms in total. The molecule has 62 valence electrons. The lowest BCUT2D eigenvalue weighted by Gasteiger charge is -1.88. The fourth-order valence-electron chi connectivity index (χ4n) is 0.651. The number of hydrogen-bond acceptors (Lipinski definition) is 3. The van der Waals surface area contributed by atoms with Gasteiger partial charge in [-0.2, -0.15) is 5.10 Å². The molecular weight excluding hydrogens is 152 g/mol. The molecule has 0 saturated heterocycles. The Kier molecular flexibility index (Phi) is 2.95. The summed E-state index contributed by atoms with van der Waals surface area (Å²) >= 11 is 0. The monoisotopic (exact) mass is 162 g/mol. The van der Waals surface area contributed by atoms with E-state index in [2.05, 4.69) is 15.3 Å². The summed E-state index contributed by atoms with van der Waals surface area (Å²) in [4.78, 5) is 0. The van der Waals surface area contributed by atoms with Gasteiger partial charge in [0.15, 0.2) is 5.84 Å². The van der Waals surface area contributed by atoms with Gasteiger partial charge in [-0.1, -0.05) is 18.2 Å². The molecule has 0 aliphatic rings. The molecule has 0 aliphatic carbocycles. The Hall–Kier alpha value is -1.71. The molecule has 0 aromatic heterocycles. The van der Waals surface area contributed by atoms with Crippen molar-refractivity contribution in [2.45, 2.75) is 6.92 Å². The van der Waals surface area contributed by atoms with E-state index in [-0.39, 0.29) is 0 Å². The van der Waals surface area contributed by atoms with E-state index in [1.807, 2.05) is 30.3 Å². The van der Waals surface area contributed by atoms with Gasteiger partial charge in [0.2, 0.25) is 0 Å². The van der Waals surface area contributed by atoms with Crippen LogP contribution in [0.5, 0.6) is 0 Å². The molecular formula is C8H10N4. The second-order valence-corrected chi connectivity index (χ2v) is 2.21. The van der Waals surface area contributed by atoms with Gasteiger partial charge >= 0.3 is 0 Å². The van der Waals surface area contributed by atoms with Crippen molar-refractivity contribution < 1.29 is 0 Å². The molecule has 0 atom stereocenters. The first-order valence-corrected chi connectivity index (χ1v) is 3.54. The van der Waals surface area contributed by atoms with E-state index < -0.39 is 0 Å². The van der Waals surface area contributed by atoms with Crippen LogP contribution in [0.25, 0.3) is 0 Å². The highest BCUT2D eigenvalue weighted by Gasteiger charge is 1.85. The predicted molar refractivity (Wildman–Crippen MR) is 48.3 cm³/mol. The molecule has 0 bridgehead atoms. The van der Waals surface area contributed by atoms with Crippen LogP contribution in [-0.4, -0.2) is 5.84 Å². The van der Waals surface area contributed by atoms with Crippen LogP contribution in [-0.2, 0) is 0 Å². The van der Waals surface area contributed by atoms with Crippen molar-refractivity contribution in [2.24, 2.45) is 21.2 Å². The van der Waals surface area contributed by atoms with Gasteiger partial charge in [0.05, 0.1) is 5.69 Å². The standard InChI is InChI=1S/C8H10N4/c1-7(10-9)11-12-8-5-3-2-4-6-8/h2-6H,9H2,1H3. The van der Waals surface area contributed by atoms with Gasteiger partial charge in [-0.15, -0.1) is 10.2 Å². The summed E-state index contributed by atoms with van der Waals surface area (Å²) in [7, 11) is 0. The van der Waals surface area contributed by atoms with Gasteiger partial charge in [0, 0.05) is 0 Å². The van der Waals surface area contributed by atoms with Crippen LogP contribution in [0.15, 0.2) is 45.7 Å². The number of nitrogens with two attached hydrogens (primary N) is 1. The molecule has 12 heavy (non-hydrogen) atoms. The summed E-state index contributed by atoms with van der Waals surface area (Å²) in [6.07, 6.45) is 0. The molecule has 0 amide bonds. The van der Waals surface area contributed by atoms with E-state index in [1.165, 1.54) is 0 Å². The zero-order chi connectivity index (χ0) is 8.81. The third-order valence-corrected chi connectivity index (χ3v) is 1.25. The Morgan fingerprint density at radius 2 is 1.92 bits per heavy atom. The topological polar surface area (TPSA) is 63.1 Å². The Morgan fingerprint density at radius 3 is 2.50 bits per heavy atom. The van der Waals surface area contributed by atoms with Crippen molar-refractivity contribution in [1.82, 2.24) is 0 Å². The van der Waals surface area contributed by atoms with Crippen molar-refractivity contribution in [3.8, 4) is 0 Å². The van der Waals surface area contributed by atoms with Gasteiger partial charge in [-0.25, -0.2) is 0 Å².